The number of aliphatic carboxylic acids is 1. The van der Waals surface area contributed by atoms with Crippen molar-refractivity contribution in [3.63, 3.8) is 0 Å². The van der Waals surface area contributed by atoms with Crippen molar-refractivity contribution in [2.75, 3.05) is 13.1 Å². The molecule has 3 N–H and O–H groups in total. The van der Waals surface area contributed by atoms with Gasteiger partial charge < -0.3 is 15.7 Å². The van der Waals surface area contributed by atoms with Gasteiger partial charge >= 0.3 is 5.97 Å². The minimum Gasteiger partial charge on any atom is -0.480 e. The van der Waals surface area contributed by atoms with Crippen LogP contribution in [0.2, 0.25) is 0 Å². The summed E-state index contributed by atoms with van der Waals surface area (Å²) in [5.74, 6) is -0.940. The van der Waals surface area contributed by atoms with Gasteiger partial charge in [0, 0.05) is 19.4 Å². The molecule has 0 aromatic heterocycles. The first-order valence-electron chi connectivity index (χ1n) is 4.82. The van der Waals surface area contributed by atoms with Gasteiger partial charge in [0.25, 0.3) is 0 Å². The molecule has 1 aliphatic heterocycles. The molecule has 1 saturated heterocycles. The smallest absolute Gasteiger partial charge is 0.321 e. The average Bonchev–Trinajstić information content (AvgIpc) is 2.15. The Morgan fingerprint density at radius 3 is 2.86 bits per heavy atom. The van der Waals surface area contributed by atoms with Gasteiger partial charge in [-0.2, -0.15) is 0 Å². The van der Waals surface area contributed by atoms with Crippen LogP contribution < -0.4 is 10.6 Å². The molecule has 0 aliphatic carbocycles. The highest BCUT2D eigenvalue weighted by molar-refractivity contribution is 5.75. The molecule has 5 heteroatoms. The molecule has 2 atom stereocenters. The molecule has 1 amide bonds. The number of amides is 1. The Balaban J connectivity index is 2.45. The maximum absolute atomic E-state index is 10.8. The second-order valence-corrected chi connectivity index (χ2v) is 3.61. The Morgan fingerprint density at radius 1 is 1.57 bits per heavy atom. The van der Waals surface area contributed by atoms with Crippen LogP contribution in [0.5, 0.6) is 0 Å². The molecule has 0 saturated carbocycles. The standard InChI is InChI=1S/C9H16N2O3/c1-6(12)11-5-7-3-2-4-10-8(7)9(13)14/h7-8,10H,2-5H2,1H3,(H,11,12)(H,13,14)/t7-,8-/m0/s1. The fraction of sp³-hybridized carbons (Fsp3) is 0.778. The van der Waals surface area contributed by atoms with Crippen molar-refractivity contribution < 1.29 is 14.7 Å². The van der Waals surface area contributed by atoms with Crippen LogP contribution in [0.25, 0.3) is 0 Å². The van der Waals surface area contributed by atoms with Gasteiger partial charge in [-0.25, -0.2) is 0 Å². The Kier molecular flexibility index (Phi) is 3.88. The lowest BCUT2D eigenvalue weighted by atomic mass is 9.91. The van der Waals surface area contributed by atoms with Crippen molar-refractivity contribution in [2.45, 2.75) is 25.8 Å². The third-order valence-electron chi connectivity index (χ3n) is 2.47. The third-order valence-corrected chi connectivity index (χ3v) is 2.47. The maximum atomic E-state index is 10.8. The van der Waals surface area contributed by atoms with E-state index in [1.165, 1.54) is 6.92 Å². The molecule has 5 nitrogen and oxygen atoms in total. The van der Waals surface area contributed by atoms with Crippen LogP contribution in [0.1, 0.15) is 19.8 Å². The number of nitrogens with one attached hydrogen (secondary N) is 2. The van der Waals surface area contributed by atoms with Crippen molar-refractivity contribution in [2.24, 2.45) is 5.92 Å². The first-order chi connectivity index (χ1) is 6.61. The molecule has 1 fully saturated rings. The number of hydrogen-bond acceptors (Lipinski definition) is 3. The lowest BCUT2D eigenvalue weighted by molar-refractivity contribution is -0.141. The van der Waals surface area contributed by atoms with Crippen molar-refractivity contribution >= 4 is 11.9 Å². The SMILES string of the molecule is CC(=O)NC[C@@H]1CCCN[C@@H]1C(=O)O. The molecular weight excluding hydrogens is 184 g/mol. The molecule has 0 unspecified atom stereocenters. The molecule has 1 aliphatic rings. The van der Waals surface area contributed by atoms with Crippen molar-refractivity contribution in [3.8, 4) is 0 Å². The number of carbonyl (C=O) groups excluding carboxylic acids is 1. The Labute approximate surface area is 82.9 Å². The summed E-state index contributed by atoms with van der Waals surface area (Å²) in [4.78, 5) is 21.5. The predicted octanol–water partition coefficient (Wildman–Crippen LogP) is -0.425. The number of carboxylic acids is 1. The minimum absolute atomic E-state index is 0.00477. The molecule has 14 heavy (non-hydrogen) atoms. The van der Waals surface area contributed by atoms with Gasteiger partial charge in [-0.05, 0) is 19.4 Å². The normalized spacial score (nSPS) is 26.9. The zero-order chi connectivity index (χ0) is 10.6. The molecule has 0 spiro atoms. The molecule has 80 valence electrons. The van der Waals surface area contributed by atoms with Crippen LogP contribution in [-0.4, -0.2) is 36.1 Å². The number of piperidine rings is 1. The summed E-state index contributed by atoms with van der Waals surface area (Å²) >= 11 is 0. The summed E-state index contributed by atoms with van der Waals surface area (Å²) in [5.41, 5.74) is 0. The van der Waals surface area contributed by atoms with Crippen molar-refractivity contribution in [1.29, 1.82) is 0 Å². The highest BCUT2D eigenvalue weighted by atomic mass is 16.4. The Morgan fingerprint density at radius 2 is 2.29 bits per heavy atom. The monoisotopic (exact) mass is 200 g/mol. The van der Waals surface area contributed by atoms with Crippen LogP contribution in [0.4, 0.5) is 0 Å². The minimum atomic E-state index is -0.833. The van der Waals surface area contributed by atoms with E-state index in [0.717, 1.165) is 19.4 Å². The molecule has 1 heterocycles. The van der Waals surface area contributed by atoms with E-state index in [9.17, 15) is 9.59 Å². The number of rotatable bonds is 3. The largest absolute Gasteiger partial charge is 0.480 e. The molecular formula is C9H16N2O3. The molecule has 0 bridgehead atoms. The molecule has 1 rings (SSSR count). The van der Waals surface area contributed by atoms with Gasteiger partial charge in [-0.1, -0.05) is 0 Å². The first kappa shape index (κ1) is 11.0. The fourth-order valence-corrected chi connectivity index (χ4v) is 1.74. The Hall–Kier alpha value is -1.10. The van der Waals surface area contributed by atoms with E-state index < -0.39 is 12.0 Å². The van der Waals surface area contributed by atoms with Gasteiger partial charge in [0.05, 0.1) is 0 Å². The number of carboxylic acid groups (broad SMARTS) is 1. The van der Waals surface area contributed by atoms with Crippen LogP contribution in [0.15, 0.2) is 0 Å². The summed E-state index contributed by atoms with van der Waals surface area (Å²) in [6.07, 6.45) is 1.82. The number of carbonyl (C=O) groups is 2. The maximum Gasteiger partial charge on any atom is 0.321 e. The summed E-state index contributed by atoms with van der Waals surface area (Å²) in [6, 6.07) is -0.518. The second kappa shape index (κ2) is 4.95. The van der Waals surface area contributed by atoms with Gasteiger partial charge in [-0.15, -0.1) is 0 Å². The van der Waals surface area contributed by atoms with Crippen molar-refractivity contribution in [1.82, 2.24) is 10.6 Å². The van der Waals surface area contributed by atoms with Crippen molar-refractivity contribution in [3.05, 3.63) is 0 Å². The lowest BCUT2D eigenvalue weighted by Crippen LogP contribution is -2.50. The third kappa shape index (κ3) is 2.99. The zero-order valence-electron chi connectivity index (χ0n) is 8.25. The van der Waals surface area contributed by atoms with Crippen LogP contribution >= 0.6 is 0 Å². The van der Waals surface area contributed by atoms with Gasteiger partial charge in [-0.3, -0.25) is 9.59 Å². The second-order valence-electron chi connectivity index (χ2n) is 3.61. The highest BCUT2D eigenvalue weighted by Crippen LogP contribution is 2.15. The van der Waals surface area contributed by atoms with Gasteiger partial charge in [0.1, 0.15) is 6.04 Å². The highest BCUT2D eigenvalue weighted by Gasteiger charge is 2.30. The van der Waals surface area contributed by atoms with E-state index in [2.05, 4.69) is 10.6 Å². The summed E-state index contributed by atoms with van der Waals surface area (Å²) in [7, 11) is 0. The first-order valence-corrected chi connectivity index (χ1v) is 4.82. The van der Waals surface area contributed by atoms with E-state index in [-0.39, 0.29) is 11.8 Å². The zero-order valence-corrected chi connectivity index (χ0v) is 8.25. The van der Waals surface area contributed by atoms with E-state index in [0.29, 0.717) is 6.54 Å². The van der Waals surface area contributed by atoms with Gasteiger partial charge in [0.2, 0.25) is 5.91 Å². The Bertz CT molecular complexity index is 230. The lowest BCUT2D eigenvalue weighted by Gasteiger charge is -2.29. The van der Waals surface area contributed by atoms with E-state index in [1.54, 1.807) is 0 Å². The molecule has 0 aromatic rings. The van der Waals surface area contributed by atoms with E-state index in [1.807, 2.05) is 0 Å². The van der Waals surface area contributed by atoms with E-state index >= 15 is 0 Å². The quantitative estimate of drug-likeness (QED) is 0.578. The van der Waals surface area contributed by atoms with E-state index in [4.69, 9.17) is 5.11 Å². The van der Waals surface area contributed by atoms with Crippen LogP contribution in [-0.2, 0) is 9.59 Å². The summed E-state index contributed by atoms with van der Waals surface area (Å²) in [5, 5.41) is 14.5. The predicted molar refractivity (Wildman–Crippen MR) is 50.8 cm³/mol. The van der Waals surface area contributed by atoms with Gasteiger partial charge in [0.15, 0.2) is 0 Å². The van der Waals surface area contributed by atoms with Crippen LogP contribution in [0.3, 0.4) is 0 Å². The number of hydrogen-bond donors (Lipinski definition) is 3. The summed E-state index contributed by atoms with van der Waals surface area (Å²) in [6.45, 7) is 2.62. The summed E-state index contributed by atoms with van der Waals surface area (Å²) < 4.78 is 0. The molecule has 0 radical (unpaired) electrons. The fourth-order valence-electron chi connectivity index (χ4n) is 1.74. The average molecular weight is 200 g/mol. The topological polar surface area (TPSA) is 78.4 Å². The van der Waals surface area contributed by atoms with Crippen LogP contribution in [0, 0.1) is 5.92 Å². The molecule has 0 aromatic carbocycles.